The highest BCUT2D eigenvalue weighted by molar-refractivity contribution is 5.74. The third kappa shape index (κ3) is 1.88. The van der Waals surface area contributed by atoms with Gasteiger partial charge in [-0.25, -0.2) is 4.79 Å². The first-order valence-corrected chi connectivity index (χ1v) is 4.40. The summed E-state index contributed by atoms with van der Waals surface area (Å²) in [6.45, 7) is 0.253. The molecule has 0 fully saturated rings. The highest BCUT2D eigenvalue weighted by atomic mass is 16.4. The van der Waals surface area contributed by atoms with E-state index in [-0.39, 0.29) is 6.54 Å². The smallest absolute Gasteiger partial charge is 0.404 e. The molecule has 0 saturated carbocycles. The zero-order valence-electron chi connectivity index (χ0n) is 8.14. The molecule has 0 radical (unpaired) electrons. The SMILES string of the molecule is Cn1ncc2ncc(CNC(=O)O)cc21. The Morgan fingerprint density at radius 1 is 1.60 bits per heavy atom. The Labute approximate surface area is 85.5 Å². The van der Waals surface area contributed by atoms with Crippen LogP contribution in [0.15, 0.2) is 18.5 Å². The van der Waals surface area contributed by atoms with Gasteiger partial charge in [0.05, 0.1) is 11.7 Å². The maximum absolute atomic E-state index is 10.3. The molecule has 0 aromatic carbocycles. The van der Waals surface area contributed by atoms with E-state index in [1.54, 1.807) is 17.1 Å². The maximum atomic E-state index is 10.3. The summed E-state index contributed by atoms with van der Waals surface area (Å²) in [6, 6.07) is 1.87. The van der Waals surface area contributed by atoms with Crippen molar-refractivity contribution in [2.75, 3.05) is 0 Å². The van der Waals surface area contributed by atoms with Gasteiger partial charge in [0.2, 0.25) is 0 Å². The zero-order chi connectivity index (χ0) is 10.8. The number of rotatable bonds is 2. The van der Waals surface area contributed by atoms with Crippen LogP contribution in [0.1, 0.15) is 5.56 Å². The summed E-state index contributed by atoms with van der Waals surface area (Å²) in [7, 11) is 1.82. The Hall–Kier alpha value is -2.11. The summed E-state index contributed by atoms with van der Waals surface area (Å²) in [6.07, 6.45) is 2.27. The molecule has 0 aliphatic heterocycles. The topological polar surface area (TPSA) is 80.0 Å². The van der Waals surface area contributed by atoms with Gasteiger partial charge in [-0.1, -0.05) is 0 Å². The summed E-state index contributed by atoms with van der Waals surface area (Å²) < 4.78 is 1.70. The van der Waals surface area contributed by atoms with Crippen molar-refractivity contribution in [1.29, 1.82) is 0 Å². The molecule has 2 aromatic rings. The Morgan fingerprint density at radius 2 is 2.40 bits per heavy atom. The van der Waals surface area contributed by atoms with Crippen molar-refractivity contribution >= 4 is 17.1 Å². The molecule has 6 nitrogen and oxygen atoms in total. The minimum Gasteiger partial charge on any atom is -0.465 e. The Bertz CT molecular complexity index is 506. The van der Waals surface area contributed by atoms with Gasteiger partial charge in [0, 0.05) is 19.8 Å². The Morgan fingerprint density at radius 3 is 3.13 bits per heavy atom. The van der Waals surface area contributed by atoms with Crippen molar-refractivity contribution in [3.63, 3.8) is 0 Å². The van der Waals surface area contributed by atoms with Crippen LogP contribution in [0, 0.1) is 0 Å². The molecule has 78 valence electrons. The number of pyridine rings is 1. The number of nitrogens with one attached hydrogen (secondary N) is 1. The highest BCUT2D eigenvalue weighted by Crippen LogP contribution is 2.11. The number of aryl methyl sites for hydroxylation is 1. The van der Waals surface area contributed by atoms with E-state index < -0.39 is 6.09 Å². The van der Waals surface area contributed by atoms with E-state index in [9.17, 15) is 4.79 Å². The number of hydrogen-bond acceptors (Lipinski definition) is 3. The van der Waals surface area contributed by atoms with E-state index in [0.717, 1.165) is 16.6 Å². The van der Waals surface area contributed by atoms with Crippen LogP contribution in [-0.2, 0) is 13.6 Å². The van der Waals surface area contributed by atoms with Crippen molar-refractivity contribution < 1.29 is 9.90 Å². The molecular weight excluding hydrogens is 196 g/mol. The van der Waals surface area contributed by atoms with E-state index >= 15 is 0 Å². The lowest BCUT2D eigenvalue weighted by Crippen LogP contribution is -2.19. The molecule has 0 spiro atoms. The fourth-order valence-corrected chi connectivity index (χ4v) is 1.34. The van der Waals surface area contributed by atoms with Crippen LogP contribution < -0.4 is 5.32 Å². The van der Waals surface area contributed by atoms with Gasteiger partial charge in [-0.2, -0.15) is 5.10 Å². The number of fused-ring (bicyclic) bond motifs is 1. The Kier molecular flexibility index (Phi) is 2.24. The van der Waals surface area contributed by atoms with E-state index in [4.69, 9.17) is 5.11 Å². The molecule has 2 aromatic heterocycles. The predicted octanol–water partition coefficient (Wildman–Crippen LogP) is 0.736. The molecule has 2 heterocycles. The van der Waals surface area contributed by atoms with Crippen LogP contribution >= 0.6 is 0 Å². The summed E-state index contributed by atoms with van der Waals surface area (Å²) in [5.74, 6) is 0. The van der Waals surface area contributed by atoms with Crippen LogP contribution in [0.4, 0.5) is 4.79 Å². The molecule has 2 N–H and O–H groups in total. The number of hydrogen-bond donors (Lipinski definition) is 2. The number of nitrogens with zero attached hydrogens (tertiary/aromatic N) is 3. The van der Waals surface area contributed by atoms with Crippen molar-refractivity contribution in [3.05, 3.63) is 24.0 Å². The monoisotopic (exact) mass is 206 g/mol. The second kappa shape index (κ2) is 3.56. The van der Waals surface area contributed by atoms with Crippen molar-refractivity contribution in [3.8, 4) is 0 Å². The number of carbonyl (C=O) groups is 1. The first kappa shape index (κ1) is 9.45. The van der Waals surface area contributed by atoms with Gasteiger partial charge < -0.3 is 10.4 Å². The van der Waals surface area contributed by atoms with E-state index in [1.165, 1.54) is 0 Å². The number of aromatic nitrogens is 3. The molecule has 0 atom stereocenters. The van der Waals surface area contributed by atoms with Crippen LogP contribution in [0.5, 0.6) is 0 Å². The molecular formula is C9H10N4O2. The molecule has 1 amide bonds. The van der Waals surface area contributed by atoms with Crippen LogP contribution in [-0.4, -0.2) is 26.0 Å². The van der Waals surface area contributed by atoms with E-state index in [0.29, 0.717) is 0 Å². The third-order valence-electron chi connectivity index (χ3n) is 2.10. The molecule has 0 aliphatic rings. The van der Waals surface area contributed by atoms with Gasteiger partial charge in [0.25, 0.3) is 0 Å². The van der Waals surface area contributed by atoms with E-state index in [2.05, 4.69) is 15.4 Å². The van der Waals surface area contributed by atoms with Crippen molar-refractivity contribution in [2.24, 2.45) is 7.05 Å². The quantitative estimate of drug-likeness (QED) is 0.759. The van der Waals surface area contributed by atoms with Gasteiger partial charge in [-0.15, -0.1) is 0 Å². The molecule has 2 rings (SSSR count). The third-order valence-corrected chi connectivity index (χ3v) is 2.10. The molecule has 15 heavy (non-hydrogen) atoms. The van der Waals surface area contributed by atoms with Gasteiger partial charge in [0.15, 0.2) is 0 Å². The molecule has 0 bridgehead atoms. The molecule has 0 saturated heterocycles. The standard InChI is InChI=1S/C9H10N4O2/c1-13-8-2-6(4-11-9(14)15)3-10-7(8)5-12-13/h2-3,5,11H,4H2,1H3,(H,14,15). The van der Waals surface area contributed by atoms with Crippen molar-refractivity contribution in [2.45, 2.75) is 6.54 Å². The van der Waals surface area contributed by atoms with Gasteiger partial charge in [-0.05, 0) is 11.6 Å². The first-order valence-electron chi connectivity index (χ1n) is 4.40. The summed E-state index contributed by atoms with van der Waals surface area (Å²) in [5, 5.41) is 14.8. The zero-order valence-corrected chi connectivity index (χ0v) is 8.14. The summed E-state index contributed by atoms with van der Waals surface area (Å²) >= 11 is 0. The lowest BCUT2D eigenvalue weighted by atomic mass is 10.2. The second-order valence-corrected chi connectivity index (χ2v) is 3.17. The van der Waals surface area contributed by atoms with Crippen LogP contribution in [0.3, 0.4) is 0 Å². The first-order chi connectivity index (χ1) is 7.16. The molecule has 0 unspecified atom stereocenters. The number of amides is 1. The minimum absolute atomic E-state index is 0.253. The van der Waals surface area contributed by atoms with E-state index in [1.807, 2.05) is 13.1 Å². The summed E-state index contributed by atoms with van der Waals surface area (Å²) in [5.41, 5.74) is 2.50. The Balaban J connectivity index is 2.29. The van der Waals surface area contributed by atoms with Crippen LogP contribution in [0.2, 0.25) is 0 Å². The lowest BCUT2D eigenvalue weighted by Gasteiger charge is -2.01. The maximum Gasteiger partial charge on any atom is 0.404 e. The minimum atomic E-state index is -1.04. The largest absolute Gasteiger partial charge is 0.465 e. The summed E-state index contributed by atoms with van der Waals surface area (Å²) in [4.78, 5) is 14.5. The van der Waals surface area contributed by atoms with Crippen molar-refractivity contribution in [1.82, 2.24) is 20.1 Å². The van der Waals surface area contributed by atoms with Gasteiger partial charge in [-0.3, -0.25) is 9.67 Å². The normalized spacial score (nSPS) is 10.5. The highest BCUT2D eigenvalue weighted by Gasteiger charge is 2.03. The van der Waals surface area contributed by atoms with Gasteiger partial charge in [0.1, 0.15) is 5.52 Å². The lowest BCUT2D eigenvalue weighted by molar-refractivity contribution is 0.194. The fraction of sp³-hybridized carbons (Fsp3) is 0.222. The average Bonchev–Trinajstić information content (AvgIpc) is 2.57. The van der Waals surface area contributed by atoms with Crippen LogP contribution in [0.25, 0.3) is 11.0 Å². The van der Waals surface area contributed by atoms with Gasteiger partial charge >= 0.3 is 6.09 Å². The predicted molar refractivity (Wildman–Crippen MR) is 53.4 cm³/mol. The molecule has 6 heteroatoms. The second-order valence-electron chi connectivity index (χ2n) is 3.17. The number of carboxylic acid groups (broad SMARTS) is 1. The fourth-order valence-electron chi connectivity index (χ4n) is 1.34. The average molecular weight is 206 g/mol. The molecule has 0 aliphatic carbocycles.